The van der Waals surface area contributed by atoms with Gasteiger partial charge in [0.15, 0.2) is 5.82 Å². The van der Waals surface area contributed by atoms with Crippen LogP contribution in [0.1, 0.15) is 5.56 Å². The monoisotopic (exact) mass is 401 g/mol. The number of nitrogens with one attached hydrogen (secondary N) is 2. The van der Waals surface area contributed by atoms with Gasteiger partial charge in [-0.2, -0.15) is 5.10 Å². The van der Waals surface area contributed by atoms with E-state index in [1.54, 1.807) is 6.07 Å². The Hall–Kier alpha value is -2.20. The fraction of sp³-hybridized carbons (Fsp3) is 0.0500. The zero-order valence-corrected chi connectivity index (χ0v) is 15.8. The number of aromatic nitrogens is 2. The molecule has 0 aliphatic heterocycles. The average Bonchev–Trinajstić information content (AvgIpc) is 3.01. The molecule has 0 aliphatic rings. The van der Waals surface area contributed by atoms with Crippen LogP contribution in [0, 0.1) is 0 Å². The molecule has 3 nitrogen and oxygen atoms in total. The summed E-state index contributed by atoms with van der Waals surface area (Å²) in [7, 11) is 0. The van der Waals surface area contributed by atoms with Crippen molar-refractivity contribution in [3.05, 3.63) is 81.3 Å². The normalized spacial score (nSPS) is 11.0. The predicted molar refractivity (Wildman–Crippen MR) is 110 cm³/mol. The third kappa shape index (κ3) is 3.51. The van der Waals surface area contributed by atoms with Gasteiger partial charge >= 0.3 is 0 Å². The Bertz CT molecular complexity index is 1050. The number of nitrogens with zero attached hydrogens (tertiary/aromatic N) is 1. The SMILES string of the molecule is Clc1cc(Cl)cc(CNc2n[nH]c3cc(Cl)c(-c4ccccc4)cc23)c1. The van der Waals surface area contributed by atoms with Crippen LogP contribution in [-0.4, -0.2) is 10.2 Å². The van der Waals surface area contributed by atoms with Crippen LogP contribution in [0.3, 0.4) is 0 Å². The number of halogens is 3. The number of rotatable bonds is 4. The van der Waals surface area contributed by atoms with E-state index in [1.807, 2.05) is 54.6 Å². The summed E-state index contributed by atoms with van der Waals surface area (Å²) >= 11 is 18.6. The summed E-state index contributed by atoms with van der Waals surface area (Å²) in [5.74, 6) is 0.755. The second kappa shape index (κ2) is 7.20. The second-order valence-electron chi connectivity index (χ2n) is 5.95. The van der Waals surface area contributed by atoms with Gasteiger partial charge in [-0.1, -0.05) is 65.1 Å². The Kier molecular flexibility index (Phi) is 4.77. The minimum atomic E-state index is 0.559. The Balaban J connectivity index is 1.68. The van der Waals surface area contributed by atoms with E-state index in [1.165, 1.54) is 0 Å². The Morgan fingerprint density at radius 3 is 2.35 bits per heavy atom. The number of H-pyrrole nitrogens is 1. The van der Waals surface area contributed by atoms with E-state index in [4.69, 9.17) is 34.8 Å². The molecule has 3 aromatic carbocycles. The zero-order chi connectivity index (χ0) is 18.1. The second-order valence-corrected chi connectivity index (χ2v) is 7.23. The summed E-state index contributed by atoms with van der Waals surface area (Å²) in [6.07, 6.45) is 0. The van der Waals surface area contributed by atoms with Crippen molar-refractivity contribution in [2.45, 2.75) is 6.54 Å². The molecular weight excluding hydrogens is 389 g/mol. The highest BCUT2D eigenvalue weighted by molar-refractivity contribution is 6.35. The van der Waals surface area contributed by atoms with Crippen molar-refractivity contribution < 1.29 is 0 Å². The van der Waals surface area contributed by atoms with Crippen LogP contribution < -0.4 is 5.32 Å². The molecule has 2 N–H and O–H groups in total. The molecule has 0 fully saturated rings. The zero-order valence-electron chi connectivity index (χ0n) is 13.6. The van der Waals surface area contributed by atoms with Crippen molar-refractivity contribution in [3.8, 4) is 11.1 Å². The maximum absolute atomic E-state index is 6.46. The van der Waals surface area contributed by atoms with E-state index >= 15 is 0 Å². The molecule has 0 amide bonds. The third-order valence-corrected chi connectivity index (χ3v) is 4.87. The highest BCUT2D eigenvalue weighted by atomic mass is 35.5. The molecule has 6 heteroatoms. The first kappa shape index (κ1) is 17.2. The lowest BCUT2D eigenvalue weighted by Gasteiger charge is -2.08. The van der Waals surface area contributed by atoms with E-state index in [9.17, 15) is 0 Å². The summed E-state index contributed by atoms with van der Waals surface area (Å²) in [6.45, 7) is 0.559. The van der Waals surface area contributed by atoms with Crippen molar-refractivity contribution >= 4 is 51.5 Å². The lowest BCUT2D eigenvalue weighted by Crippen LogP contribution is -2.00. The highest BCUT2D eigenvalue weighted by Crippen LogP contribution is 2.34. The number of hydrogen-bond acceptors (Lipinski definition) is 2. The molecule has 0 atom stereocenters. The first-order valence-electron chi connectivity index (χ1n) is 8.02. The smallest absolute Gasteiger partial charge is 0.156 e. The van der Waals surface area contributed by atoms with Gasteiger partial charge in [0.2, 0.25) is 0 Å². The number of hydrogen-bond donors (Lipinski definition) is 2. The van der Waals surface area contributed by atoms with Gasteiger partial charge in [-0.25, -0.2) is 0 Å². The number of fused-ring (bicyclic) bond motifs is 1. The summed E-state index contributed by atoms with van der Waals surface area (Å²) in [5.41, 5.74) is 3.89. The van der Waals surface area contributed by atoms with Crippen molar-refractivity contribution in [1.82, 2.24) is 10.2 Å². The van der Waals surface area contributed by atoms with Crippen LogP contribution in [-0.2, 0) is 6.54 Å². The van der Waals surface area contributed by atoms with Crippen molar-refractivity contribution in [1.29, 1.82) is 0 Å². The summed E-state index contributed by atoms with van der Waals surface area (Å²) in [5, 5.41) is 13.6. The molecule has 0 radical (unpaired) electrons. The number of anilines is 1. The quantitative estimate of drug-likeness (QED) is 0.394. The van der Waals surface area contributed by atoms with Crippen LogP contribution in [0.2, 0.25) is 15.1 Å². The van der Waals surface area contributed by atoms with Gasteiger partial charge in [-0.05, 0) is 41.5 Å². The van der Waals surface area contributed by atoms with Crippen molar-refractivity contribution in [2.24, 2.45) is 0 Å². The molecule has 4 rings (SSSR count). The van der Waals surface area contributed by atoms with Crippen LogP contribution in [0.25, 0.3) is 22.0 Å². The topological polar surface area (TPSA) is 40.7 Å². The molecule has 0 bridgehead atoms. The van der Waals surface area contributed by atoms with E-state index in [2.05, 4.69) is 15.5 Å². The van der Waals surface area contributed by atoms with E-state index in [0.29, 0.717) is 21.6 Å². The molecule has 26 heavy (non-hydrogen) atoms. The Labute approximate surface area is 165 Å². The molecule has 4 aromatic rings. The molecule has 0 aliphatic carbocycles. The first-order valence-corrected chi connectivity index (χ1v) is 9.15. The van der Waals surface area contributed by atoms with Gasteiger partial charge in [0.1, 0.15) is 0 Å². The van der Waals surface area contributed by atoms with Crippen molar-refractivity contribution in [2.75, 3.05) is 5.32 Å². The van der Waals surface area contributed by atoms with Crippen molar-refractivity contribution in [3.63, 3.8) is 0 Å². The van der Waals surface area contributed by atoms with Gasteiger partial charge in [0.05, 0.1) is 10.5 Å². The molecule has 0 saturated carbocycles. The maximum Gasteiger partial charge on any atom is 0.156 e. The molecular formula is C20H14Cl3N3. The summed E-state index contributed by atoms with van der Waals surface area (Å²) in [6, 6.07) is 19.4. The standard InChI is InChI=1S/C20H14Cl3N3/c21-14-6-12(7-15(22)8-14)11-24-20-17-9-16(13-4-2-1-3-5-13)18(23)10-19(17)25-26-20/h1-10H,11H2,(H2,24,25,26). The van der Waals surface area contributed by atoms with Gasteiger partial charge < -0.3 is 5.32 Å². The lowest BCUT2D eigenvalue weighted by atomic mass is 10.0. The van der Waals surface area contributed by atoms with E-state index in [0.717, 1.165) is 33.4 Å². The maximum atomic E-state index is 6.46. The molecule has 0 unspecified atom stereocenters. The summed E-state index contributed by atoms with van der Waals surface area (Å²) in [4.78, 5) is 0. The largest absolute Gasteiger partial charge is 0.364 e. The minimum Gasteiger partial charge on any atom is -0.364 e. The van der Waals surface area contributed by atoms with Gasteiger partial charge in [0, 0.05) is 27.5 Å². The highest BCUT2D eigenvalue weighted by Gasteiger charge is 2.11. The molecule has 130 valence electrons. The van der Waals surface area contributed by atoms with Crippen LogP contribution in [0.4, 0.5) is 5.82 Å². The van der Waals surface area contributed by atoms with Crippen LogP contribution >= 0.6 is 34.8 Å². The summed E-state index contributed by atoms with van der Waals surface area (Å²) < 4.78 is 0. The van der Waals surface area contributed by atoms with E-state index < -0.39 is 0 Å². The minimum absolute atomic E-state index is 0.559. The number of aromatic amines is 1. The Morgan fingerprint density at radius 1 is 0.885 bits per heavy atom. The fourth-order valence-corrected chi connectivity index (χ4v) is 3.75. The molecule has 1 aromatic heterocycles. The molecule has 0 saturated heterocycles. The first-order chi connectivity index (χ1) is 12.6. The third-order valence-electron chi connectivity index (χ3n) is 4.12. The Morgan fingerprint density at radius 2 is 1.62 bits per heavy atom. The average molecular weight is 403 g/mol. The molecule has 1 heterocycles. The van der Waals surface area contributed by atoms with Gasteiger partial charge in [0.25, 0.3) is 0 Å². The lowest BCUT2D eigenvalue weighted by molar-refractivity contribution is 1.06. The predicted octanol–water partition coefficient (Wildman–Crippen LogP) is 6.80. The number of benzene rings is 3. The van der Waals surface area contributed by atoms with Gasteiger partial charge in [-0.3, -0.25) is 5.10 Å². The fourth-order valence-electron chi connectivity index (χ4n) is 2.91. The van der Waals surface area contributed by atoms with E-state index in [-0.39, 0.29) is 0 Å². The van der Waals surface area contributed by atoms with Crippen LogP contribution in [0.15, 0.2) is 60.7 Å². The van der Waals surface area contributed by atoms with Gasteiger partial charge in [-0.15, -0.1) is 0 Å². The molecule has 0 spiro atoms. The van der Waals surface area contributed by atoms with Crippen LogP contribution in [0.5, 0.6) is 0 Å².